The van der Waals surface area contributed by atoms with Crippen molar-refractivity contribution in [2.75, 3.05) is 11.9 Å². The molecule has 4 rings (SSSR count). The van der Waals surface area contributed by atoms with Crippen LogP contribution in [0.2, 0.25) is 0 Å². The Morgan fingerprint density at radius 3 is 2.55 bits per heavy atom. The van der Waals surface area contributed by atoms with Gasteiger partial charge in [0.2, 0.25) is 16.9 Å². The van der Waals surface area contributed by atoms with Gasteiger partial charge in [-0.3, -0.25) is 9.59 Å². The van der Waals surface area contributed by atoms with Crippen LogP contribution in [-0.4, -0.2) is 12.5 Å². The fourth-order valence-corrected chi connectivity index (χ4v) is 3.53. The summed E-state index contributed by atoms with van der Waals surface area (Å²) in [6.45, 7) is 7.30. The van der Waals surface area contributed by atoms with E-state index in [0.29, 0.717) is 22.4 Å². The zero-order valence-corrected chi connectivity index (χ0v) is 17.9. The maximum absolute atomic E-state index is 13.3. The number of carbonyl (C=O) groups is 1. The number of anilines is 1. The van der Waals surface area contributed by atoms with E-state index in [-0.39, 0.29) is 29.5 Å². The van der Waals surface area contributed by atoms with Crippen molar-refractivity contribution in [1.29, 1.82) is 0 Å². The molecule has 2 aromatic carbocycles. The molecule has 0 atom stereocenters. The molecule has 158 valence electrons. The van der Waals surface area contributed by atoms with Crippen molar-refractivity contribution in [3.05, 3.63) is 81.2 Å². The van der Waals surface area contributed by atoms with E-state index in [0.717, 1.165) is 22.3 Å². The molecule has 2 heterocycles. The number of fused-ring (bicyclic) bond motifs is 1. The maximum Gasteiger partial charge on any atom is 0.262 e. The Hall–Kier alpha value is -3.80. The van der Waals surface area contributed by atoms with Gasteiger partial charge in [0.25, 0.3) is 5.91 Å². The molecule has 0 spiro atoms. The lowest BCUT2D eigenvalue weighted by atomic mass is 10.1. The SMILES string of the molecule is Cc1ccc(C)c(NC(=O)COc2c(-c3ccco3)oc3c(C)cc(C)cc3c2=O)c1. The highest BCUT2D eigenvalue weighted by molar-refractivity contribution is 5.93. The Morgan fingerprint density at radius 2 is 1.81 bits per heavy atom. The van der Waals surface area contributed by atoms with Crippen LogP contribution in [0.1, 0.15) is 22.3 Å². The first-order valence-corrected chi connectivity index (χ1v) is 9.95. The number of benzene rings is 2. The molecule has 31 heavy (non-hydrogen) atoms. The third kappa shape index (κ3) is 4.10. The monoisotopic (exact) mass is 417 g/mol. The predicted octanol–water partition coefficient (Wildman–Crippen LogP) is 5.30. The normalized spacial score (nSPS) is 11.0. The third-order valence-electron chi connectivity index (χ3n) is 5.04. The molecule has 0 radical (unpaired) electrons. The standard InChI is InChI=1S/C25H23NO5/c1-14-7-8-16(3)19(12-14)26-21(27)13-30-25-22(28)18-11-15(2)10-17(4)23(18)31-24(25)20-6-5-9-29-20/h5-12H,13H2,1-4H3,(H,26,27). The van der Waals surface area contributed by atoms with E-state index in [4.69, 9.17) is 13.6 Å². The summed E-state index contributed by atoms with van der Waals surface area (Å²) >= 11 is 0. The number of amides is 1. The Bertz CT molecular complexity index is 1330. The van der Waals surface area contributed by atoms with Gasteiger partial charge in [-0.15, -0.1) is 0 Å². The van der Waals surface area contributed by atoms with E-state index in [9.17, 15) is 9.59 Å². The molecule has 2 aromatic heterocycles. The number of carbonyl (C=O) groups excluding carboxylic acids is 1. The summed E-state index contributed by atoms with van der Waals surface area (Å²) in [5, 5.41) is 3.23. The van der Waals surface area contributed by atoms with Crippen LogP contribution >= 0.6 is 0 Å². The molecule has 0 unspecified atom stereocenters. The number of furan rings is 1. The van der Waals surface area contributed by atoms with Crippen molar-refractivity contribution in [2.45, 2.75) is 27.7 Å². The van der Waals surface area contributed by atoms with Gasteiger partial charge in [-0.1, -0.05) is 18.2 Å². The van der Waals surface area contributed by atoms with Gasteiger partial charge >= 0.3 is 0 Å². The summed E-state index contributed by atoms with van der Waals surface area (Å²) in [6.07, 6.45) is 1.48. The van der Waals surface area contributed by atoms with Crippen molar-refractivity contribution >= 4 is 22.6 Å². The van der Waals surface area contributed by atoms with Crippen LogP contribution in [-0.2, 0) is 4.79 Å². The molecule has 0 aliphatic heterocycles. The van der Waals surface area contributed by atoms with Gasteiger partial charge in [-0.05, 0) is 74.2 Å². The van der Waals surface area contributed by atoms with Crippen molar-refractivity contribution in [2.24, 2.45) is 0 Å². The number of aryl methyl sites for hydroxylation is 4. The molecule has 6 heteroatoms. The highest BCUT2D eigenvalue weighted by atomic mass is 16.5. The van der Waals surface area contributed by atoms with Crippen LogP contribution in [0.25, 0.3) is 22.5 Å². The molecule has 0 fully saturated rings. The highest BCUT2D eigenvalue weighted by Crippen LogP contribution is 2.32. The Balaban J connectivity index is 1.70. The minimum absolute atomic E-state index is 0.0523. The van der Waals surface area contributed by atoms with Gasteiger partial charge in [0.15, 0.2) is 12.4 Å². The lowest BCUT2D eigenvalue weighted by molar-refractivity contribution is -0.118. The minimum atomic E-state index is -0.376. The smallest absolute Gasteiger partial charge is 0.262 e. The Morgan fingerprint density at radius 1 is 1.00 bits per heavy atom. The Kier molecular flexibility index (Phi) is 5.38. The zero-order chi connectivity index (χ0) is 22.1. The molecule has 1 N–H and O–H groups in total. The molecule has 1 amide bonds. The van der Waals surface area contributed by atoms with Gasteiger partial charge in [0.05, 0.1) is 11.6 Å². The first kappa shape index (κ1) is 20.5. The van der Waals surface area contributed by atoms with Crippen LogP contribution in [0, 0.1) is 27.7 Å². The number of hydrogen-bond donors (Lipinski definition) is 1. The minimum Gasteiger partial charge on any atom is -0.476 e. The van der Waals surface area contributed by atoms with Crippen LogP contribution in [0.15, 0.2) is 62.4 Å². The predicted molar refractivity (Wildman–Crippen MR) is 120 cm³/mol. The molecule has 0 saturated carbocycles. The summed E-state index contributed by atoms with van der Waals surface area (Å²) in [6, 6.07) is 12.9. The largest absolute Gasteiger partial charge is 0.476 e. The summed E-state index contributed by atoms with van der Waals surface area (Å²) < 4.78 is 17.2. The summed E-state index contributed by atoms with van der Waals surface area (Å²) in [7, 11) is 0. The average Bonchev–Trinajstić information content (AvgIpc) is 3.25. The number of rotatable bonds is 5. The number of nitrogens with one attached hydrogen (secondary N) is 1. The summed E-state index contributed by atoms with van der Waals surface area (Å²) in [4.78, 5) is 25.8. The number of ether oxygens (including phenoxy) is 1. The highest BCUT2D eigenvalue weighted by Gasteiger charge is 2.21. The molecule has 4 aromatic rings. The van der Waals surface area contributed by atoms with E-state index >= 15 is 0 Å². The van der Waals surface area contributed by atoms with Crippen LogP contribution in [0.4, 0.5) is 5.69 Å². The lowest BCUT2D eigenvalue weighted by Gasteiger charge is -2.13. The van der Waals surface area contributed by atoms with Crippen molar-refractivity contribution in [1.82, 2.24) is 0 Å². The van der Waals surface area contributed by atoms with Gasteiger partial charge < -0.3 is 18.9 Å². The molecular weight excluding hydrogens is 394 g/mol. The lowest BCUT2D eigenvalue weighted by Crippen LogP contribution is -2.23. The fraction of sp³-hybridized carbons (Fsp3) is 0.200. The molecule has 0 saturated heterocycles. The van der Waals surface area contributed by atoms with E-state index in [1.165, 1.54) is 6.26 Å². The van der Waals surface area contributed by atoms with Crippen LogP contribution in [0.3, 0.4) is 0 Å². The van der Waals surface area contributed by atoms with Crippen LogP contribution < -0.4 is 15.5 Å². The van der Waals surface area contributed by atoms with E-state index < -0.39 is 0 Å². The van der Waals surface area contributed by atoms with Gasteiger partial charge in [0, 0.05) is 5.69 Å². The van der Waals surface area contributed by atoms with Crippen LogP contribution in [0.5, 0.6) is 5.75 Å². The van der Waals surface area contributed by atoms with E-state index in [1.807, 2.05) is 52.0 Å². The van der Waals surface area contributed by atoms with Gasteiger partial charge in [0.1, 0.15) is 5.58 Å². The molecule has 0 bridgehead atoms. The zero-order valence-electron chi connectivity index (χ0n) is 17.9. The first-order valence-electron chi connectivity index (χ1n) is 9.95. The first-order chi connectivity index (χ1) is 14.8. The summed E-state index contributed by atoms with van der Waals surface area (Å²) in [5.74, 6) is 0.0838. The van der Waals surface area contributed by atoms with Crippen molar-refractivity contribution in [3.63, 3.8) is 0 Å². The topological polar surface area (TPSA) is 81.7 Å². The fourth-order valence-electron chi connectivity index (χ4n) is 3.53. The quantitative estimate of drug-likeness (QED) is 0.476. The second kappa shape index (κ2) is 8.14. The van der Waals surface area contributed by atoms with Gasteiger partial charge in [-0.25, -0.2) is 0 Å². The van der Waals surface area contributed by atoms with E-state index in [1.54, 1.807) is 18.2 Å². The summed E-state index contributed by atoms with van der Waals surface area (Å²) in [5.41, 5.74) is 4.56. The molecular formula is C25H23NO5. The second-order valence-electron chi connectivity index (χ2n) is 7.68. The van der Waals surface area contributed by atoms with Gasteiger partial charge in [-0.2, -0.15) is 0 Å². The Labute approximate surface area is 179 Å². The van der Waals surface area contributed by atoms with E-state index in [2.05, 4.69) is 5.32 Å². The molecule has 0 aliphatic rings. The maximum atomic E-state index is 13.3. The third-order valence-corrected chi connectivity index (χ3v) is 5.04. The number of hydrogen-bond acceptors (Lipinski definition) is 5. The molecule has 6 nitrogen and oxygen atoms in total. The second-order valence-corrected chi connectivity index (χ2v) is 7.68. The molecule has 0 aliphatic carbocycles. The van der Waals surface area contributed by atoms with Crippen molar-refractivity contribution < 1.29 is 18.4 Å². The average molecular weight is 417 g/mol. The van der Waals surface area contributed by atoms with Crippen molar-refractivity contribution in [3.8, 4) is 17.3 Å².